The summed E-state index contributed by atoms with van der Waals surface area (Å²) in [5.74, 6) is 1.67. The number of hydrogen-bond acceptors (Lipinski definition) is 3. The van der Waals surface area contributed by atoms with Gasteiger partial charge in [-0.05, 0) is 42.7 Å². The molecule has 0 atom stereocenters. The van der Waals surface area contributed by atoms with Crippen LogP contribution in [0.25, 0.3) is 0 Å². The molecule has 1 heterocycles. The Hall–Kier alpha value is -1.27. The fraction of sp³-hybridized carbons (Fsp3) is 0.611. The molecule has 0 unspecified atom stereocenters. The van der Waals surface area contributed by atoms with Gasteiger partial charge in [-0.2, -0.15) is 11.8 Å². The lowest BCUT2D eigenvalue weighted by Gasteiger charge is -2.37. The minimum absolute atomic E-state index is 0.169. The maximum atomic E-state index is 13.6. The van der Waals surface area contributed by atoms with Gasteiger partial charge in [0.15, 0.2) is 5.96 Å². The van der Waals surface area contributed by atoms with Crippen LogP contribution in [0.1, 0.15) is 30.9 Å². The van der Waals surface area contributed by atoms with Gasteiger partial charge in [0, 0.05) is 38.1 Å². The van der Waals surface area contributed by atoms with E-state index in [1.54, 1.807) is 26.1 Å². The number of thioether (sulfide) groups is 1. The molecule has 1 aliphatic heterocycles. The molecule has 1 saturated heterocycles. The first-order valence-electron chi connectivity index (χ1n) is 8.50. The Morgan fingerprint density at radius 2 is 2.08 bits per heavy atom. The van der Waals surface area contributed by atoms with Crippen LogP contribution in [0.15, 0.2) is 23.2 Å². The van der Waals surface area contributed by atoms with Gasteiger partial charge in [0.1, 0.15) is 5.82 Å². The van der Waals surface area contributed by atoms with Gasteiger partial charge in [0.2, 0.25) is 0 Å². The maximum absolute atomic E-state index is 13.6. The number of nitrogens with zero attached hydrogens (tertiary/aromatic N) is 1. The highest BCUT2D eigenvalue weighted by molar-refractivity contribution is 8.00. The standard InChI is InChI=1S/C18H28FN3OS/c1-4-24-18(7-9-23-10-8-18)13-22-17(20-3)21-12-15-6-5-14(2)16(19)11-15/h5-6,11H,4,7-10,12-13H2,1-3H3,(H2,20,21,22). The van der Waals surface area contributed by atoms with Crippen LogP contribution in [-0.2, 0) is 11.3 Å². The lowest BCUT2D eigenvalue weighted by Crippen LogP contribution is -2.48. The quantitative estimate of drug-likeness (QED) is 0.609. The first-order valence-corrected chi connectivity index (χ1v) is 9.48. The summed E-state index contributed by atoms with van der Waals surface area (Å²) in [5, 5.41) is 6.69. The van der Waals surface area contributed by atoms with Crippen molar-refractivity contribution in [3.8, 4) is 0 Å². The third-order valence-electron chi connectivity index (χ3n) is 4.35. The molecule has 1 aromatic rings. The van der Waals surface area contributed by atoms with Crippen LogP contribution < -0.4 is 10.6 Å². The van der Waals surface area contributed by atoms with E-state index in [0.29, 0.717) is 12.1 Å². The Kier molecular flexibility index (Phi) is 7.37. The predicted octanol–water partition coefficient (Wildman–Crippen LogP) is 3.10. The Labute approximate surface area is 148 Å². The summed E-state index contributed by atoms with van der Waals surface area (Å²) in [4.78, 5) is 4.28. The molecule has 0 radical (unpaired) electrons. The Balaban J connectivity index is 1.88. The summed E-state index contributed by atoms with van der Waals surface area (Å²) in [7, 11) is 1.76. The number of hydrogen-bond donors (Lipinski definition) is 2. The number of benzene rings is 1. The van der Waals surface area contributed by atoms with Crippen LogP contribution >= 0.6 is 11.8 Å². The molecule has 2 N–H and O–H groups in total. The third-order valence-corrected chi connectivity index (χ3v) is 5.81. The first-order chi connectivity index (χ1) is 11.6. The number of nitrogens with one attached hydrogen (secondary N) is 2. The van der Waals surface area contributed by atoms with E-state index in [-0.39, 0.29) is 10.6 Å². The molecule has 134 valence electrons. The largest absolute Gasteiger partial charge is 0.381 e. The fourth-order valence-electron chi connectivity index (χ4n) is 2.82. The molecule has 0 aromatic heterocycles. The highest BCUT2D eigenvalue weighted by atomic mass is 32.2. The van der Waals surface area contributed by atoms with Crippen molar-refractivity contribution in [2.75, 3.05) is 32.6 Å². The van der Waals surface area contributed by atoms with E-state index in [0.717, 1.165) is 49.9 Å². The Morgan fingerprint density at radius 3 is 2.71 bits per heavy atom. The summed E-state index contributed by atoms with van der Waals surface area (Å²) >= 11 is 2.00. The van der Waals surface area contributed by atoms with Gasteiger partial charge in [-0.15, -0.1) is 0 Å². The van der Waals surface area contributed by atoms with Gasteiger partial charge in [0.25, 0.3) is 0 Å². The minimum atomic E-state index is -0.169. The Morgan fingerprint density at radius 1 is 1.33 bits per heavy atom. The molecule has 0 aliphatic carbocycles. The van der Waals surface area contributed by atoms with Gasteiger partial charge >= 0.3 is 0 Å². The molecule has 24 heavy (non-hydrogen) atoms. The maximum Gasteiger partial charge on any atom is 0.191 e. The molecule has 0 bridgehead atoms. The number of aliphatic imine (C=N–C) groups is 1. The van der Waals surface area contributed by atoms with Gasteiger partial charge < -0.3 is 15.4 Å². The number of ether oxygens (including phenoxy) is 1. The molecule has 1 aliphatic rings. The minimum Gasteiger partial charge on any atom is -0.381 e. The van der Waals surface area contributed by atoms with Crippen molar-refractivity contribution in [3.63, 3.8) is 0 Å². The highest BCUT2D eigenvalue weighted by Crippen LogP contribution is 2.34. The van der Waals surface area contributed by atoms with E-state index in [4.69, 9.17) is 4.74 Å². The summed E-state index contributed by atoms with van der Waals surface area (Å²) in [6, 6.07) is 5.31. The molecule has 6 heteroatoms. The number of aryl methyl sites for hydroxylation is 1. The number of halogens is 1. The molecule has 4 nitrogen and oxygen atoms in total. The fourth-order valence-corrected chi connectivity index (χ4v) is 4.06. The average molecular weight is 354 g/mol. The van der Waals surface area contributed by atoms with Crippen LogP contribution in [0, 0.1) is 12.7 Å². The predicted molar refractivity (Wildman–Crippen MR) is 100 cm³/mol. The summed E-state index contributed by atoms with van der Waals surface area (Å²) < 4.78 is 19.3. The molecule has 1 aromatic carbocycles. The molecular formula is C18H28FN3OS. The van der Waals surface area contributed by atoms with Crippen LogP contribution in [0.5, 0.6) is 0 Å². The van der Waals surface area contributed by atoms with Gasteiger partial charge in [-0.1, -0.05) is 19.1 Å². The average Bonchev–Trinajstić information content (AvgIpc) is 2.59. The second kappa shape index (κ2) is 9.28. The first kappa shape index (κ1) is 19.1. The van der Waals surface area contributed by atoms with Crippen molar-refractivity contribution >= 4 is 17.7 Å². The third kappa shape index (κ3) is 5.38. The molecule has 1 fully saturated rings. The van der Waals surface area contributed by atoms with Crippen molar-refractivity contribution in [1.29, 1.82) is 0 Å². The van der Waals surface area contributed by atoms with E-state index >= 15 is 0 Å². The molecular weight excluding hydrogens is 325 g/mol. The number of rotatable bonds is 6. The zero-order valence-electron chi connectivity index (χ0n) is 14.8. The van der Waals surface area contributed by atoms with Gasteiger partial charge in [-0.25, -0.2) is 4.39 Å². The SMILES string of the molecule is CCSC1(CNC(=NC)NCc2ccc(C)c(F)c2)CCOCC1. The van der Waals surface area contributed by atoms with Gasteiger partial charge in [0.05, 0.1) is 0 Å². The molecule has 0 saturated carbocycles. The van der Waals surface area contributed by atoms with E-state index in [1.165, 1.54) is 0 Å². The smallest absolute Gasteiger partial charge is 0.191 e. The van der Waals surface area contributed by atoms with E-state index in [9.17, 15) is 4.39 Å². The summed E-state index contributed by atoms with van der Waals surface area (Å²) in [6.07, 6.45) is 2.11. The zero-order chi connectivity index (χ0) is 17.4. The van der Waals surface area contributed by atoms with Crippen molar-refractivity contribution in [2.45, 2.75) is 38.0 Å². The normalized spacial score (nSPS) is 17.6. The molecule has 0 amide bonds. The number of guanidine groups is 1. The summed E-state index contributed by atoms with van der Waals surface area (Å²) in [5.41, 5.74) is 1.57. The van der Waals surface area contributed by atoms with Gasteiger partial charge in [-0.3, -0.25) is 4.99 Å². The van der Waals surface area contributed by atoms with Crippen LogP contribution in [0.4, 0.5) is 4.39 Å². The zero-order valence-corrected chi connectivity index (χ0v) is 15.6. The van der Waals surface area contributed by atoms with Crippen molar-refractivity contribution < 1.29 is 9.13 Å². The van der Waals surface area contributed by atoms with Crippen molar-refractivity contribution in [1.82, 2.24) is 10.6 Å². The lowest BCUT2D eigenvalue weighted by atomic mass is 9.99. The topological polar surface area (TPSA) is 45.7 Å². The van der Waals surface area contributed by atoms with Crippen LogP contribution in [-0.4, -0.2) is 43.3 Å². The van der Waals surface area contributed by atoms with Crippen LogP contribution in [0.2, 0.25) is 0 Å². The van der Waals surface area contributed by atoms with Crippen molar-refractivity contribution in [2.24, 2.45) is 4.99 Å². The van der Waals surface area contributed by atoms with E-state index < -0.39 is 0 Å². The Bertz CT molecular complexity index is 554. The molecule has 0 spiro atoms. The van der Waals surface area contributed by atoms with E-state index in [1.807, 2.05) is 17.8 Å². The van der Waals surface area contributed by atoms with Crippen molar-refractivity contribution in [3.05, 3.63) is 35.1 Å². The lowest BCUT2D eigenvalue weighted by molar-refractivity contribution is 0.0782. The van der Waals surface area contributed by atoms with Crippen LogP contribution in [0.3, 0.4) is 0 Å². The second-order valence-electron chi connectivity index (χ2n) is 6.09. The molecule has 2 rings (SSSR count). The second-order valence-corrected chi connectivity index (χ2v) is 7.82. The summed E-state index contributed by atoms with van der Waals surface area (Å²) in [6.45, 7) is 7.02. The monoisotopic (exact) mass is 353 g/mol. The highest BCUT2D eigenvalue weighted by Gasteiger charge is 2.32. The van der Waals surface area contributed by atoms with E-state index in [2.05, 4.69) is 22.5 Å².